The molecule has 1 aliphatic heterocycles. The molecule has 1 N–H and O–H groups in total. The molecule has 7 heteroatoms. The lowest BCUT2D eigenvalue weighted by molar-refractivity contribution is -0.113. The van der Waals surface area contributed by atoms with Crippen LogP contribution in [-0.2, 0) is 4.79 Å². The van der Waals surface area contributed by atoms with Crippen LogP contribution in [0.1, 0.15) is 33.2 Å². The average molecular weight is 383 g/mol. The van der Waals surface area contributed by atoms with Gasteiger partial charge in [0.05, 0.1) is 16.2 Å². The Balaban J connectivity index is 1.86. The molecule has 1 amide bonds. The first-order valence-corrected chi connectivity index (χ1v) is 8.81. The number of nitrogens with zero attached hydrogens (tertiary/aromatic N) is 1. The van der Waals surface area contributed by atoms with Crippen molar-refractivity contribution in [3.8, 4) is 0 Å². The van der Waals surface area contributed by atoms with Crippen molar-refractivity contribution < 1.29 is 19.5 Å². The molecule has 0 atom stereocenters. The quantitative estimate of drug-likeness (QED) is 0.489. The minimum Gasteiger partial charge on any atom is -0.478 e. The molecule has 5 nitrogen and oxygen atoms in total. The minimum absolute atomic E-state index is 0.0494. The van der Waals surface area contributed by atoms with Crippen LogP contribution in [0.25, 0.3) is 6.08 Å². The number of carboxylic acids is 1. The molecule has 0 aliphatic carbocycles. The van der Waals surface area contributed by atoms with Gasteiger partial charge in [-0.2, -0.15) is 0 Å². The van der Waals surface area contributed by atoms with Gasteiger partial charge < -0.3 is 5.11 Å². The topological polar surface area (TPSA) is 74.7 Å². The molecular weight excluding hydrogens is 370 g/mol. The average Bonchev–Trinajstić information content (AvgIpc) is 2.89. The van der Waals surface area contributed by atoms with Crippen LogP contribution in [0.15, 0.2) is 53.4 Å². The molecule has 0 radical (unpaired) electrons. The van der Waals surface area contributed by atoms with Gasteiger partial charge in [0.25, 0.3) is 5.91 Å². The van der Waals surface area contributed by atoms with Gasteiger partial charge in [-0.3, -0.25) is 14.5 Å². The van der Waals surface area contributed by atoms with Gasteiger partial charge in [-0.1, -0.05) is 36.1 Å². The molecule has 0 saturated carbocycles. The van der Waals surface area contributed by atoms with Gasteiger partial charge in [-0.05, 0) is 55.0 Å². The van der Waals surface area contributed by atoms with E-state index in [1.807, 2.05) is 0 Å². The fraction of sp³-hybridized carbons (Fsp3) is 0.0526. The molecule has 26 heavy (non-hydrogen) atoms. The number of ketones is 1. The van der Waals surface area contributed by atoms with Crippen molar-refractivity contribution in [2.45, 2.75) is 6.92 Å². The minimum atomic E-state index is -1.00. The van der Waals surface area contributed by atoms with Gasteiger partial charge in [0.15, 0.2) is 10.1 Å². The molecule has 0 aromatic heterocycles. The Hall–Kier alpha value is -2.77. The number of amides is 1. The third kappa shape index (κ3) is 3.58. The van der Waals surface area contributed by atoms with Gasteiger partial charge in [0.1, 0.15) is 0 Å². The Morgan fingerprint density at radius 3 is 2.15 bits per heavy atom. The number of carbonyl (C=O) groups excluding carboxylic acids is 2. The molecule has 130 valence electrons. The van der Waals surface area contributed by atoms with Crippen LogP contribution in [0.4, 0.5) is 5.69 Å². The number of carboxylic acid groups (broad SMARTS) is 1. The van der Waals surface area contributed by atoms with Crippen LogP contribution < -0.4 is 4.90 Å². The molecule has 1 aliphatic rings. The molecule has 2 aromatic rings. The Labute approximate surface area is 159 Å². The summed E-state index contributed by atoms with van der Waals surface area (Å²) in [4.78, 5) is 36.8. The maximum atomic E-state index is 12.7. The Bertz CT molecular complexity index is 947. The van der Waals surface area contributed by atoms with E-state index in [4.69, 9.17) is 17.3 Å². The fourth-order valence-corrected chi connectivity index (χ4v) is 3.71. The third-order valence-electron chi connectivity index (χ3n) is 3.78. The van der Waals surface area contributed by atoms with E-state index >= 15 is 0 Å². The second-order valence-electron chi connectivity index (χ2n) is 5.55. The molecule has 1 heterocycles. The predicted molar refractivity (Wildman–Crippen MR) is 105 cm³/mol. The number of carbonyl (C=O) groups is 3. The van der Waals surface area contributed by atoms with Gasteiger partial charge in [-0.25, -0.2) is 4.79 Å². The van der Waals surface area contributed by atoms with E-state index in [2.05, 4.69) is 0 Å². The lowest BCUT2D eigenvalue weighted by Gasteiger charge is -2.14. The van der Waals surface area contributed by atoms with Crippen LogP contribution >= 0.6 is 24.0 Å². The second-order valence-corrected chi connectivity index (χ2v) is 7.22. The van der Waals surface area contributed by atoms with Gasteiger partial charge >= 0.3 is 5.97 Å². The van der Waals surface area contributed by atoms with E-state index in [9.17, 15) is 14.4 Å². The van der Waals surface area contributed by atoms with E-state index in [1.54, 1.807) is 42.5 Å². The lowest BCUT2D eigenvalue weighted by atomic mass is 10.1. The summed E-state index contributed by atoms with van der Waals surface area (Å²) < 4.78 is 0.402. The number of hydrogen-bond donors (Lipinski definition) is 1. The van der Waals surface area contributed by atoms with Crippen LogP contribution in [0.2, 0.25) is 0 Å². The predicted octanol–water partition coefficient (Wildman–Crippen LogP) is 3.99. The van der Waals surface area contributed by atoms with Crippen molar-refractivity contribution in [3.05, 3.63) is 70.1 Å². The summed E-state index contributed by atoms with van der Waals surface area (Å²) in [5.74, 6) is -1.30. The molecule has 1 saturated heterocycles. The standard InChI is InChI=1S/C19H13NO4S2/c1-11(21)13-6-8-15(9-7-13)20-17(22)16(26-19(20)25)10-12-2-4-14(5-3-12)18(23)24/h2-10H,1H3,(H,23,24)/b16-10-. The number of rotatable bonds is 4. The third-order valence-corrected chi connectivity index (χ3v) is 5.08. The first-order valence-electron chi connectivity index (χ1n) is 7.59. The number of Topliss-reactive ketones (excluding diaryl/α,β-unsaturated/α-hetero) is 1. The summed E-state index contributed by atoms with van der Waals surface area (Å²) >= 11 is 6.49. The second kappa shape index (κ2) is 7.23. The van der Waals surface area contributed by atoms with Crippen molar-refractivity contribution in [1.82, 2.24) is 0 Å². The van der Waals surface area contributed by atoms with Gasteiger partial charge in [0, 0.05) is 5.56 Å². The van der Waals surface area contributed by atoms with E-state index < -0.39 is 5.97 Å². The summed E-state index contributed by atoms with van der Waals surface area (Å²) in [5.41, 5.74) is 2.05. The number of hydrogen-bond acceptors (Lipinski definition) is 5. The molecule has 3 rings (SSSR count). The van der Waals surface area contributed by atoms with Crippen LogP contribution in [0.3, 0.4) is 0 Å². The van der Waals surface area contributed by atoms with E-state index in [0.29, 0.717) is 26.0 Å². The highest BCUT2D eigenvalue weighted by atomic mass is 32.2. The summed E-state index contributed by atoms with van der Waals surface area (Å²) in [6.45, 7) is 1.48. The highest BCUT2D eigenvalue weighted by Gasteiger charge is 2.33. The van der Waals surface area contributed by atoms with Crippen molar-refractivity contribution in [2.24, 2.45) is 0 Å². The van der Waals surface area contributed by atoms with Gasteiger partial charge in [-0.15, -0.1) is 0 Å². The van der Waals surface area contributed by atoms with Crippen LogP contribution in [-0.4, -0.2) is 27.1 Å². The van der Waals surface area contributed by atoms with E-state index in [1.165, 1.54) is 35.7 Å². The zero-order chi connectivity index (χ0) is 18.8. The zero-order valence-electron chi connectivity index (χ0n) is 13.6. The van der Waals surface area contributed by atoms with Crippen molar-refractivity contribution in [1.29, 1.82) is 0 Å². The molecule has 2 aromatic carbocycles. The summed E-state index contributed by atoms with van der Waals surface area (Å²) in [6.07, 6.45) is 1.68. The summed E-state index contributed by atoms with van der Waals surface area (Å²) in [5, 5.41) is 8.93. The smallest absolute Gasteiger partial charge is 0.335 e. The Kier molecular flexibility index (Phi) is 5.01. The molecule has 1 fully saturated rings. The van der Waals surface area contributed by atoms with Crippen molar-refractivity contribution in [2.75, 3.05) is 4.90 Å². The Morgan fingerprint density at radius 1 is 1.04 bits per heavy atom. The fourth-order valence-electron chi connectivity index (χ4n) is 2.41. The van der Waals surface area contributed by atoms with Crippen molar-refractivity contribution >= 4 is 57.7 Å². The largest absolute Gasteiger partial charge is 0.478 e. The normalized spacial score (nSPS) is 15.6. The molecule has 0 bridgehead atoms. The molecular formula is C19H13NO4S2. The maximum absolute atomic E-state index is 12.7. The van der Waals surface area contributed by atoms with E-state index in [-0.39, 0.29) is 17.3 Å². The maximum Gasteiger partial charge on any atom is 0.335 e. The molecule has 0 spiro atoms. The number of thioether (sulfide) groups is 1. The Morgan fingerprint density at radius 2 is 1.62 bits per heavy atom. The number of thiocarbonyl (C=S) groups is 1. The van der Waals surface area contributed by atoms with Crippen LogP contribution in [0, 0.1) is 0 Å². The highest BCUT2D eigenvalue weighted by molar-refractivity contribution is 8.27. The first kappa shape index (κ1) is 18.0. The SMILES string of the molecule is CC(=O)c1ccc(N2C(=O)/C(=C/c3ccc(C(=O)O)cc3)SC2=S)cc1. The zero-order valence-corrected chi connectivity index (χ0v) is 15.3. The summed E-state index contributed by atoms with van der Waals surface area (Å²) in [7, 11) is 0. The van der Waals surface area contributed by atoms with E-state index in [0.717, 1.165) is 0 Å². The first-order chi connectivity index (χ1) is 12.4. The number of benzene rings is 2. The van der Waals surface area contributed by atoms with Gasteiger partial charge in [0.2, 0.25) is 0 Å². The monoisotopic (exact) mass is 383 g/mol. The summed E-state index contributed by atoms with van der Waals surface area (Å²) in [6, 6.07) is 12.9. The highest BCUT2D eigenvalue weighted by Crippen LogP contribution is 2.36. The number of aromatic carboxylic acids is 1. The van der Waals surface area contributed by atoms with Crippen molar-refractivity contribution in [3.63, 3.8) is 0 Å². The molecule has 0 unspecified atom stereocenters. The number of anilines is 1. The lowest BCUT2D eigenvalue weighted by Crippen LogP contribution is -2.27. The van der Waals surface area contributed by atoms with Crippen LogP contribution in [0.5, 0.6) is 0 Å².